The molecule has 0 bridgehead atoms. The number of carbonyl (C=O) groups is 3. The van der Waals surface area contributed by atoms with Crippen LogP contribution in [0.15, 0.2) is 36.4 Å². The van der Waals surface area contributed by atoms with Crippen molar-refractivity contribution in [3.63, 3.8) is 0 Å². The minimum atomic E-state index is -1.65. The summed E-state index contributed by atoms with van der Waals surface area (Å²) in [7, 11) is 1.16. The van der Waals surface area contributed by atoms with Crippen LogP contribution in [0.2, 0.25) is 0 Å². The van der Waals surface area contributed by atoms with Gasteiger partial charge in [0, 0.05) is 6.42 Å². The summed E-state index contributed by atoms with van der Waals surface area (Å²) in [5, 5.41) is 20.5. The van der Waals surface area contributed by atoms with Crippen LogP contribution in [0.1, 0.15) is 51.6 Å². The van der Waals surface area contributed by atoms with Crippen LogP contribution in [0, 0.1) is 0 Å². The summed E-state index contributed by atoms with van der Waals surface area (Å²) < 4.78 is 9.86. The predicted molar refractivity (Wildman–Crippen MR) is 108 cm³/mol. The average Bonchev–Trinajstić information content (AvgIpc) is 2.75. The first kappa shape index (κ1) is 26.3. The Morgan fingerprint density at radius 2 is 1.79 bits per heavy atom. The van der Waals surface area contributed by atoms with Crippen molar-refractivity contribution in [2.45, 2.75) is 52.2 Å². The zero-order chi connectivity index (χ0) is 22.2. The Labute approximate surface area is 171 Å². The molecule has 0 aromatic heterocycles. The molecule has 0 heterocycles. The number of aliphatic hydroxyl groups is 2. The third kappa shape index (κ3) is 9.87. The number of rotatable bonds is 10. The molecule has 2 unspecified atom stereocenters. The fourth-order valence-electron chi connectivity index (χ4n) is 2.16. The van der Waals surface area contributed by atoms with E-state index in [-0.39, 0.29) is 12.4 Å². The second kappa shape index (κ2) is 15.2. The fourth-order valence-corrected chi connectivity index (χ4v) is 2.16. The van der Waals surface area contributed by atoms with E-state index in [0.717, 1.165) is 13.5 Å². The first-order valence-corrected chi connectivity index (χ1v) is 9.51. The largest absolute Gasteiger partial charge is 0.467 e. The molecule has 2 atom stereocenters. The second-order valence-corrected chi connectivity index (χ2v) is 5.67. The van der Waals surface area contributed by atoms with Gasteiger partial charge in [-0.15, -0.1) is 0 Å². The molecule has 8 nitrogen and oxygen atoms in total. The van der Waals surface area contributed by atoms with E-state index >= 15 is 0 Å². The maximum Gasteiger partial charge on any atom is 0.333 e. The number of unbranched alkanes of at least 4 members (excludes halogenated alkanes) is 1. The SMILES string of the molecule is C/C=C\CCCC(=O)Oc1ccc(C(NC(=O)C(O)CO)C(=O)OC)cc1.CC. The van der Waals surface area contributed by atoms with Crippen molar-refractivity contribution in [1.82, 2.24) is 5.32 Å². The average molecular weight is 409 g/mol. The Bertz CT molecular complexity index is 655. The molecular weight excluding hydrogens is 378 g/mol. The lowest BCUT2D eigenvalue weighted by atomic mass is 10.1. The van der Waals surface area contributed by atoms with Crippen molar-refractivity contribution >= 4 is 17.8 Å². The van der Waals surface area contributed by atoms with Crippen LogP contribution < -0.4 is 10.1 Å². The van der Waals surface area contributed by atoms with Gasteiger partial charge in [-0.25, -0.2) is 4.79 Å². The summed E-state index contributed by atoms with van der Waals surface area (Å²) in [6.07, 6.45) is 4.00. The molecule has 1 aromatic rings. The van der Waals surface area contributed by atoms with E-state index in [2.05, 4.69) is 10.1 Å². The third-order valence-electron chi connectivity index (χ3n) is 3.63. The van der Waals surface area contributed by atoms with Gasteiger partial charge in [0.05, 0.1) is 13.7 Å². The van der Waals surface area contributed by atoms with Gasteiger partial charge in [-0.1, -0.05) is 38.1 Å². The van der Waals surface area contributed by atoms with Gasteiger partial charge in [-0.2, -0.15) is 0 Å². The Morgan fingerprint density at radius 3 is 2.31 bits per heavy atom. The minimum absolute atomic E-state index is 0.284. The summed E-state index contributed by atoms with van der Waals surface area (Å²) in [6.45, 7) is 5.14. The molecule has 1 rings (SSSR count). The fraction of sp³-hybridized carbons (Fsp3) is 0.476. The lowest BCUT2D eigenvalue weighted by Crippen LogP contribution is -2.42. The number of allylic oxidation sites excluding steroid dienone is 2. The smallest absolute Gasteiger partial charge is 0.333 e. The number of carbonyl (C=O) groups excluding carboxylic acids is 3. The van der Waals surface area contributed by atoms with E-state index in [0.29, 0.717) is 17.7 Å². The minimum Gasteiger partial charge on any atom is -0.467 e. The quantitative estimate of drug-likeness (QED) is 0.234. The van der Waals surface area contributed by atoms with Crippen LogP contribution >= 0.6 is 0 Å². The van der Waals surface area contributed by atoms with Gasteiger partial charge in [-0.05, 0) is 37.5 Å². The van der Waals surface area contributed by atoms with E-state index in [1.165, 1.54) is 24.3 Å². The van der Waals surface area contributed by atoms with Crippen LogP contribution in [0.5, 0.6) is 5.75 Å². The molecule has 0 aliphatic heterocycles. The summed E-state index contributed by atoms with van der Waals surface area (Å²) in [5.41, 5.74) is 0.369. The van der Waals surface area contributed by atoms with Crippen molar-refractivity contribution in [3.05, 3.63) is 42.0 Å². The van der Waals surface area contributed by atoms with Gasteiger partial charge < -0.3 is 25.0 Å². The Balaban J connectivity index is 0.00000379. The number of nitrogens with one attached hydrogen (secondary N) is 1. The van der Waals surface area contributed by atoms with Crippen LogP contribution in [-0.2, 0) is 19.1 Å². The summed E-state index contributed by atoms with van der Waals surface area (Å²) in [4.78, 5) is 35.4. The molecule has 0 aliphatic rings. The number of ether oxygens (including phenoxy) is 2. The lowest BCUT2D eigenvalue weighted by Gasteiger charge is -2.18. The normalized spacial score (nSPS) is 12.3. The van der Waals surface area contributed by atoms with E-state index < -0.39 is 30.6 Å². The zero-order valence-corrected chi connectivity index (χ0v) is 17.4. The molecular formula is C21H31NO7. The Morgan fingerprint density at radius 1 is 1.17 bits per heavy atom. The number of hydrogen-bond donors (Lipinski definition) is 3. The molecule has 0 spiro atoms. The first-order valence-electron chi connectivity index (χ1n) is 9.51. The molecule has 0 aliphatic carbocycles. The summed E-state index contributed by atoms with van der Waals surface area (Å²) >= 11 is 0. The van der Waals surface area contributed by atoms with Crippen molar-refractivity contribution < 1.29 is 34.1 Å². The molecule has 0 saturated carbocycles. The summed E-state index contributed by atoms with van der Waals surface area (Å²) in [5.74, 6) is -1.72. The predicted octanol–water partition coefficient (Wildman–Crippen LogP) is 2.05. The number of methoxy groups -OCH3 is 1. The van der Waals surface area contributed by atoms with Gasteiger partial charge in [0.2, 0.25) is 0 Å². The van der Waals surface area contributed by atoms with Crippen molar-refractivity contribution in [1.29, 1.82) is 0 Å². The van der Waals surface area contributed by atoms with Crippen molar-refractivity contribution in [2.24, 2.45) is 0 Å². The highest BCUT2D eigenvalue weighted by molar-refractivity contribution is 5.87. The number of hydrogen-bond acceptors (Lipinski definition) is 7. The maximum atomic E-state index is 11.9. The van der Waals surface area contributed by atoms with Crippen LogP contribution in [0.3, 0.4) is 0 Å². The van der Waals surface area contributed by atoms with Crippen molar-refractivity contribution in [2.75, 3.05) is 13.7 Å². The van der Waals surface area contributed by atoms with E-state index in [1.807, 2.05) is 32.9 Å². The summed E-state index contributed by atoms with van der Waals surface area (Å²) in [6, 6.07) is 4.80. The molecule has 8 heteroatoms. The highest BCUT2D eigenvalue weighted by Gasteiger charge is 2.26. The van der Waals surface area contributed by atoms with Crippen LogP contribution in [0.25, 0.3) is 0 Å². The Kier molecular flexibility index (Phi) is 13.8. The van der Waals surface area contributed by atoms with Crippen LogP contribution in [-0.4, -0.2) is 47.9 Å². The highest BCUT2D eigenvalue weighted by Crippen LogP contribution is 2.20. The van der Waals surface area contributed by atoms with Gasteiger partial charge in [0.15, 0.2) is 12.1 Å². The third-order valence-corrected chi connectivity index (χ3v) is 3.63. The van der Waals surface area contributed by atoms with Crippen molar-refractivity contribution in [3.8, 4) is 5.75 Å². The second-order valence-electron chi connectivity index (χ2n) is 5.67. The molecule has 1 amide bonds. The van der Waals surface area contributed by atoms with Gasteiger partial charge in [0.25, 0.3) is 5.91 Å². The lowest BCUT2D eigenvalue weighted by molar-refractivity contribution is -0.147. The van der Waals surface area contributed by atoms with Crippen LogP contribution in [0.4, 0.5) is 0 Å². The number of benzene rings is 1. The Hall–Kier alpha value is -2.71. The van der Waals surface area contributed by atoms with Gasteiger partial charge >= 0.3 is 11.9 Å². The number of amides is 1. The number of esters is 2. The first-order chi connectivity index (χ1) is 13.9. The topological polar surface area (TPSA) is 122 Å². The molecule has 3 N–H and O–H groups in total. The standard InChI is InChI=1S/C19H25NO7.C2H6/c1-3-4-5-6-7-16(23)27-14-10-8-13(9-11-14)17(19(25)26-2)20-18(24)15(22)12-21;1-2/h3-4,8-11,15,17,21-22H,5-7,12H2,1-2H3,(H,20,24);1-2H3/b4-3-;. The maximum absolute atomic E-state index is 11.9. The van der Waals surface area contributed by atoms with Gasteiger partial charge in [-0.3, -0.25) is 9.59 Å². The van der Waals surface area contributed by atoms with E-state index in [4.69, 9.17) is 9.84 Å². The number of aliphatic hydroxyl groups excluding tert-OH is 2. The molecule has 0 fully saturated rings. The van der Waals surface area contributed by atoms with E-state index in [9.17, 15) is 19.5 Å². The van der Waals surface area contributed by atoms with E-state index in [1.54, 1.807) is 0 Å². The zero-order valence-electron chi connectivity index (χ0n) is 17.4. The van der Waals surface area contributed by atoms with Gasteiger partial charge in [0.1, 0.15) is 5.75 Å². The monoisotopic (exact) mass is 409 g/mol. The molecule has 0 radical (unpaired) electrons. The molecule has 162 valence electrons. The molecule has 0 saturated heterocycles. The molecule has 1 aromatic carbocycles. The highest BCUT2D eigenvalue weighted by atomic mass is 16.5. The molecule has 29 heavy (non-hydrogen) atoms.